The zero-order chi connectivity index (χ0) is 110. The molecule has 0 saturated carbocycles. The molecule has 4 N–H and O–H groups in total. The number of carboxylic acids is 1. The number of benzene rings is 9. The predicted molar refractivity (Wildman–Crippen MR) is 533 cm³/mol. The maximum Gasteiger partial charge on any atom is 1.00 e. The van der Waals surface area contributed by atoms with E-state index in [0.29, 0.717) is 89.7 Å². The van der Waals surface area contributed by atoms with Gasteiger partial charge in [-0.2, -0.15) is 65.9 Å². The van der Waals surface area contributed by atoms with Gasteiger partial charge in [0.05, 0.1) is 66.5 Å². The van der Waals surface area contributed by atoms with Gasteiger partial charge in [-0.15, -0.1) is 47.0 Å². The van der Waals surface area contributed by atoms with Crippen LogP contribution in [0, 0.1) is 27.7 Å². The Morgan fingerprint density at radius 3 is 0.770 bits per heavy atom. The summed E-state index contributed by atoms with van der Waals surface area (Å²) in [6.07, 6.45) is -23.9. The third kappa shape index (κ3) is 47.4. The first kappa shape index (κ1) is 131. The number of carboxylic acid groups (broad SMARTS) is 1. The van der Waals surface area contributed by atoms with E-state index in [9.17, 15) is 100 Å². The second-order valence-corrected chi connectivity index (χ2v) is 38.3. The fourth-order valence-corrected chi connectivity index (χ4v) is 15.7. The van der Waals surface area contributed by atoms with Crippen molar-refractivity contribution in [3.8, 4) is 51.7 Å². The van der Waals surface area contributed by atoms with E-state index in [0.717, 1.165) is 102 Å². The molecule has 0 aromatic heterocycles. The number of aliphatic hydroxyl groups is 2. The first-order chi connectivity index (χ1) is 68.8. The number of alkyl halides is 15. The molecule has 9 aromatic carbocycles. The largest absolute Gasteiger partial charge is 1.00 e. The molecule has 5 atom stereocenters. The van der Waals surface area contributed by atoms with Crippen molar-refractivity contribution in [2.45, 2.75) is 221 Å². The second kappa shape index (κ2) is 61.7. The SMILES string of the molecule is CCOC(=O)C(C)(C)Oc1ccc(SCC(COc2ccc(C(F)(F)F)cc2)OCC)cc1C.CCOC(=O)C(C)(C)Oc1ccc(SCC(O)COc2ccc(C(F)(F)F)cc2)cc1C.CCOC(=O)C(C)(C)Oc1ccc(SCC(O)COc2ccc(C(F)(F)F)cc2)cc1C.CCOC(COc1ccc(C(F)(F)F)cc1)CSc1ccc(OC(C)(C)C(=O)O)c(C)c1.FC(F)(F)c1ccc(OCC2CO2)cc1.[2HH].[2H][2H].[B].[Na+].[OH-]. The Balaban J connectivity index is 0.000000948. The Hall–Kier alpha value is -9.77. The van der Waals surface area contributed by atoms with Gasteiger partial charge in [0, 0.05) is 68.6 Å². The molecule has 0 spiro atoms. The summed E-state index contributed by atoms with van der Waals surface area (Å²) >= 11 is 5.89. The van der Waals surface area contributed by atoms with Crippen LogP contribution in [0.3, 0.4) is 0 Å². The predicted octanol–water partition coefficient (Wildman–Crippen LogP) is 22.1. The standard InChI is InChI=1S/C25H31F3O5S.3C23H27F3O5S.C10H9F3O2.B.Na.H2O.2H2/c1-6-30-20(15-32-19-10-8-18(9-11-19)25(26,27)28)16-34-21-12-13-22(17(3)14-21)33-24(4,5)23(29)31-7-2;2*1-5-29-21(28)22(3,4)31-20-11-10-19(12-15(20)2)32-14-17(27)13-30-18-8-6-16(7-9-18)23(24,25)26;1-5-29-18(13-30-17-8-6-16(7-9-17)23(24,25)26)14-32-19-10-11-20(15(2)12-19)31-22(3,4)21(27)28;11-10(12,13)7-1-3-8(4-2-7)14-5-9-6-15-9;;;;;/h8-14,20H,6-7,15-16H2,1-5H3;2*6-12,17,27H,5,13-14H2,1-4H3;6-12,18H,5,13-14H2,1-4H3,(H,27,28);1-4,9H,5-6H2;;;1H2;2*1H/q;;;;;;+1;;;/p-1/i;;;;;;;;1+1D;1+1. The number of esters is 3. The third-order valence-electron chi connectivity index (χ3n) is 19.9. The van der Waals surface area contributed by atoms with Gasteiger partial charge in [-0.3, -0.25) is 0 Å². The number of carbonyl (C=O) groups is 4. The smallest absolute Gasteiger partial charge is 0.870 e. The normalized spacial score (nSPS) is 13.4. The number of carbonyl (C=O) groups excluding carboxylic acids is 3. The van der Waals surface area contributed by atoms with Crippen LogP contribution in [0.2, 0.25) is 0 Å². The zero-order valence-electron chi connectivity index (χ0n) is 86.9. The van der Waals surface area contributed by atoms with Crippen LogP contribution in [-0.4, -0.2) is 202 Å². The van der Waals surface area contributed by atoms with Crippen LogP contribution in [-0.2, 0) is 78.5 Å². The second-order valence-electron chi connectivity index (χ2n) is 34.0. The topological polar surface area (TPSA) is 301 Å². The first-order valence-corrected chi connectivity index (χ1v) is 49.4. The van der Waals surface area contributed by atoms with Crippen LogP contribution >= 0.6 is 47.0 Å². The molecule has 0 amide bonds. The summed E-state index contributed by atoms with van der Waals surface area (Å²) < 4.78 is 280. The summed E-state index contributed by atoms with van der Waals surface area (Å²) in [6.45, 7) is 32.4. The van der Waals surface area contributed by atoms with E-state index in [-0.39, 0.29) is 121 Å². The molecule has 5 unspecified atom stereocenters. The van der Waals surface area contributed by atoms with Crippen molar-refractivity contribution < 1.29 is 211 Å². The van der Waals surface area contributed by atoms with Gasteiger partial charge in [0.15, 0.2) is 22.4 Å². The van der Waals surface area contributed by atoms with Crippen LogP contribution in [0.15, 0.2) is 214 Å². The summed E-state index contributed by atoms with van der Waals surface area (Å²) in [5.74, 6) is 3.24. The van der Waals surface area contributed by atoms with Crippen molar-refractivity contribution >= 4 is 79.3 Å². The van der Waals surface area contributed by atoms with Gasteiger partial charge < -0.3 is 91.8 Å². The minimum Gasteiger partial charge on any atom is -0.870 e. The number of thioether (sulfide) groups is 4. The summed E-state index contributed by atoms with van der Waals surface area (Å²) in [4.78, 5) is 51.1. The average molecular weight is 2190 g/mol. The quantitative estimate of drug-likeness (QED) is 0.00797. The minimum absolute atomic E-state index is 0. The number of rotatable bonds is 46. The number of aliphatic hydroxyl groups excluding tert-OH is 2. The van der Waals surface area contributed by atoms with E-state index >= 15 is 0 Å². The Labute approximate surface area is 897 Å². The molecule has 1 heterocycles. The molecule has 0 bridgehead atoms. The summed E-state index contributed by atoms with van der Waals surface area (Å²) in [5, 5.41) is 29.5. The fourth-order valence-electron chi connectivity index (χ4n) is 11.9. The van der Waals surface area contributed by atoms with E-state index in [1.807, 2.05) is 96.1 Å². The molecule has 9 aromatic rings. The molecule has 0 aliphatic carbocycles. The van der Waals surface area contributed by atoms with Crippen molar-refractivity contribution in [2.24, 2.45) is 0 Å². The number of ether oxygens (including phenoxy) is 15. The molecule has 44 heteroatoms. The van der Waals surface area contributed by atoms with E-state index in [1.54, 1.807) is 92.3 Å². The van der Waals surface area contributed by atoms with Gasteiger partial charge >= 0.3 is 84.3 Å². The number of hydrogen-bond acceptors (Lipinski definition) is 26. The summed E-state index contributed by atoms with van der Waals surface area (Å²) in [7, 11) is 0. The van der Waals surface area contributed by atoms with Crippen molar-refractivity contribution in [3.05, 3.63) is 244 Å². The molecule has 10 rings (SSSR count). The number of aliphatic carboxylic acids is 1. The number of epoxide rings is 1. The number of aryl methyl sites for hydroxylation is 4. The van der Waals surface area contributed by atoms with Crippen LogP contribution in [0.25, 0.3) is 0 Å². The summed E-state index contributed by atoms with van der Waals surface area (Å²) in [5.41, 5.74) is -4.99. The van der Waals surface area contributed by atoms with Crippen molar-refractivity contribution in [1.29, 1.82) is 0 Å². The average Bonchev–Trinajstić information content (AvgIpc) is 1.20. The van der Waals surface area contributed by atoms with Crippen molar-refractivity contribution in [3.63, 3.8) is 0 Å². The Morgan fingerprint density at radius 1 is 0.351 bits per heavy atom. The van der Waals surface area contributed by atoms with Gasteiger partial charge in [0.1, 0.15) is 103 Å². The molecular weight excluding hydrogens is 2060 g/mol. The van der Waals surface area contributed by atoms with Crippen LogP contribution < -0.4 is 72.2 Å². The van der Waals surface area contributed by atoms with Crippen molar-refractivity contribution in [2.75, 3.05) is 95.7 Å². The van der Waals surface area contributed by atoms with E-state index in [2.05, 4.69) is 0 Å². The molecular formula is C104H126BF15NaO23S4. The minimum atomic E-state index is -4.40. The molecule has 1 saturated heterocycles. The van der Waals surface area contributed by atoms with Gasteiger partial charge in [0.2, 0.25) is 0 Å². The molecule has 813 valence electrons. The monoisotopic (exact) mass is 2190 g/mol. The van der Waals surface area contributed by atoms with Gasteiger partial charge in [-0.05, 0) is 334 Å². The van der Waals surface area contributed by atoms with Gasteiger partial charge in [-0.1, -0.05) is 0 Å². The fraction of sp³-hybridized carbons (Fsp3) is 0.442. The molecule has 1 aliphatic heterocycles. The molecule has 3 radical (unpaired) electrons. The van der Waals surface area contributed by atoms with Crippen LogP contribution in [0.4, 0.5) is 65.9 Å². The Kier molecular flexibility index (Phi) is 54.4. The van der Waals surface area contributed by atoms with Gasteiger partial charge in [0.25, 0.3) is 0 Å². The molecule has 148 heavy (non-hydrogen) atoms. The van der Waals surface area contributed by atoms with Crippen molar-refractivity contribution in [1.82, 2.24) is 0 Å². The Morgan fingerprint density at radius 2 is 0.568 bits per heavy atom. The summed E-state index contributed by atoms with van der Waals surface area (Å²) in [6, 6.07) is 44.5. The van der Waals surface area contributed by atoms with Crippen LogP contribution in [0.5, 0.6) is 51.7 Å². The van der Waals surface area contributed by atoms with E-state index in [1.165, 1.54) is 110 Å². The van der Waals surface area contributed by atoms with E-state index in [4.69, 9.17) is 74.0 Å². The van der Waals surface area contributed by atoms with Gasteiger partial charge in [-0.25, -0.2) is 19.2 Å². The van der Waals surface area contributed by atoms with E-state index < -0.39 is 117 Å². The third-order valence-corrected chi connectivity index (χ3v) is 24.5. The molecule has 1 fully saturated rings. The maximum atomic E-state index is 12.7. The first-order valence-electron chi connectivity index (χ1n) is 46.4. The van der Waals surface area contributed by atoms with Crippen LogP contribution in [0.1, 0.15) is 144 Å². The number of halogens is 15. The number of hydrogen-bond donors (Lipinski definition) is 3. The Bertz CT molecular complexity index is 5360. The molecule has 1 aliphatic rings. The molecule has 23 nitrogen and oxygen atoms in total. The maximum absolute atomic E-state index is 12.7. The zero-order valence-corrected chi connectivity index (χ0v) is 90.2.